The molecule has 0 saturated carbocycles. The number of aliphatic hydroxyl groups excluding tert-OH is 1. The van der Waals surface area contributed by atoms with Gasteiger partial charge in [-0.3, -0.25) is 14.5 Å². The van der Waals surface area contributed by atoms with Crippen molar-refractivity contribution < 1.29 is 38.4 Å². The minimum Gasteiger partial charge on any atom is -0.503 e. The van der Waals surface area contributed by atoms with Gasteiger partial charge in [0.15, 0.2) is 34.4 Å². The number of hydrogen-bond acceptors (Lipinski definition) is 9. The van der Waals surface area contributed by atoms with E-state index in [-0.39, 0.29) is 29.4 Å². The lowest BCUT2D eigenvalue weighted by Gasteiger charge is -2.30. The number of amides is 1. The average molecular weight is 601 g/mol. The van der Waals surface area contributed by atoms with Crippen LogP contribution in [-0.2, 0) is 9.53 Å². The summed E-state index contributed by atoms with van der Waals surface area (Å²) in [4.78, 5) is 31.0. The number of methoxy groups -OCH3 is 2. The Bertz CT molecular complexity index is 1440. The number of carbonyl (C=O) groups is 2. The molecule has 1 unspecified atom stereocenters. The topological polar surface area (TPSA) is 122 Å². The SMILES string of the molecule is COc1cc(C2C(C(=O)c3cc4cccc(OC)c4o3)=C(O)C(=O)N2CCCN2CCOCC2)cc(Br)c1O. The van der Waals surface area contributed by atoms with Crippen LogP contribution in [-0.4, -0.2) is 85.3 Å². The maximum Gasteiger partial charge on any atom is 0.290 e. The van der Waals surface area contributed by atoms with Gasteiger partial charge >= 0.3 is 0 Å². The number of phenolic OH excluding ortho intramolecular Hbond substituents is 1. The van der Waals surface area contributed by atoms with E-state index in [2.05, 4.69) is 20.8 Å². The summed E-state index contributed by atoms with van der Waals surface area (Å²) in [5.41, 5.74) is 0.766. The van der Waals surface area contributed by atoms with Crippen LogP contribution in [0.1, 0.15) is 28.6 Å². The summed E-state index contributed by atoms with van der Waals surface area (Å²) in [6.45, 7) is 3.96. The molecular weight excluding hydrogens is 572 g/mol. The molecule has 1 amide bonds. The average Bonchev–Trinajstić information content (AvgIpc) is 3.50. The van der Waals surface area contributed by atoms with Crippen LogP contribution in [0, 0.1) is 0 Å². The Morgan fingerprint density at radius 1 is 1.08 bits per heavy atom. The molecular formula is C28H29BrN2O8. The first-order valence-electron chi connectivity index (χ1n) is 12.6. The summed E-state index contributed by atoms with van der Waals surface area (Å²) < 4.78 is 22.3. The zero-order chi connectivity index (χ0) is 27.7. The first-order valence-corrected chi connectivity index (χ1v) is 13.3. The van der Waals surface area contributed by atoms with E-state index in [0.717, 1.165) is 19.6 Å². The number of carbonyl (C=O) groups excluding carboxylic acids is 2. The lowest BCUT2D eigenvalue weighted by Crippen LogP contribution is -2.39. The summed E-state index contributed by atoms with van der Waals surface area (Å²) >= 11 is 3.33. The highest BCUT2D eigenvalue weighted by atomic mass is 79.9. The standard InChI is InChI=1S/C28H29BrN2O8/c1-36-19-6-3-5-16-14-21(39-27(16)19)25(33)22-23(17-13-18(29)24(32)20(15-17)37-2)31(28(35)26(22)34)8-4-7-30-9-11-38-12-10-30/h3,5-6,13-15,23,32,34H,4,7-12H2,1-2H3. The predicted octanol–water partition coefficient (Wildman–Crippen LogP) is 4.22. The molecule has 2 aliphatic heterocycles. The Labute approximate surface area is 233 Å². The molecule has 2 N–H and O–H groups in total. The second-order valence-corrected chi connectivity index (χ2v) is 10.2. The van der Waals surface area contributed by atoms with Gasteiger partial charge in [-0.2, -0.15) is 0 Å². The number of hydrogen-bond donors (Lipinski definition) is 2. The zero-order valence-electron chi connectivity index (χ0n) is 21.6. The highest BCUT2D eigenvalue weighted by Crippen LogP contribution is 2.44. The summed E-state index contributed by atoms with van der Waals surface area (Å²) in [6.07, 6.45) is 0.620. The molecule has 0 bridgehead atoms. The van der Waals surface area contributed by atoms with Crippen LogP contribution < -0.4 is 9.47 Å². The summed E-state index contributed by atoms with van der Waals surface area (Å²) in [5.74, 6) is -1.44. The van der Waals surface area contributed by atoms with E-state index in [1.54, 1.807) is 36.4 Å². The largest absolute Gasteiger partial charge is 0.503 e. The number of phenols is 1. The number of furan rings is 1. The molecule has 11 heteroatoms. The fourth-order valence-electron chi connectivity index (χ4n) is 5.10. The van der Waals surface area contributed by atoms with Gasteiger partial charge in [-0.15, -0.1) is 0 Å². The van der Waals surface area contributed by atoms with Crippen LogP contribution in [0.2, 0.25) is 0 Å². The van der Waals surface area contributed by atoms with Crippen molar-refractivity contribution in [2.45, 2.75) is 12.5 Å². The third kappa shape index (κ3) is 5.09. The molecule has 2 aliphatic rings. The highest BCUT2D eigenvalue weighted by Gasteiger charge is 2.45. The smallest absolute Gasteiger partial charge is 0.290 e. The quantitative estimate of drug-likeness (QED) is 0.347. The first-order chi connectivity index (χ1) is 18.8. The minimum absolute atomic E-state index is 0.0335. The number of halogens is 1. The van der Waals surface area contributed by atoms with E-state index in [0.29, 0.717) is 46.4 Å². The van der Waals surface area contributed by atoms with Crippen molar-refractivity contribution in [3.05, 3.63) is 63.5 Å². The van der Waals surface area contributed by atoms with Crippen molar-refractivity contribution in [2.24, 2.45) is 0 Å². The number of Topliss-reactive ketones (excluding diaryl/α,β-unsaturated/α-hetero) is 1. The Morgan fingerprint density at radius 3 is 2.54 bits per heavy atom. The predicted molar refractivity (Wildman–Crippen MR) is 145 cm³/mol. The van der Waals surface area contributed by atoms with Crippen molar-refractivity contribution in [3.8, 4) is 17.2 Å². The number of ketones is 1. The fraction of sp³-hybridized carbons (Fsp3) is 0.357. The molecule has 1 atom stereocenters. The third-order valence-corrected chi connectivity index (χ3v) is 7.67. The van der Waals surface area contributed by atoms with Gasteiger partial charge in [0.2, 0.25) is 5.78 Å². The summed E-state index contributed by atoms with van der Waals surface area (Å²) in [5, 5.41) is 22.1. The van der Waals surface area contributed by atoms with Crippen LogP contribution in [0.25, 0.3) is 11.0 Å². The number of ether oxygens (including phenoxy) is 3. The molecule has 1 fully saturated rings. The highest BCUT2D eigenvalue weighted by molar-refractivity contribution is 9.10. The lowest BCUT2D eigenvalue weighted by atomic mass is 9.94. The monoisotopic (exact) mass is 600 g/mol. The molecule has 0 spiro atoms. The number of benzene rings is 2. The van der Waals surface area contributed by atoms with Gasteiger partial charge in [0, 0.05) is 31.6 Å². The second kappa shape index (κ2) is 11.3. The van der Waals surface area contributed by atoms with Crippen LogP contribution in [0.3, 0.4) is 0 Å². The Balaban J connectivity index is 1.53. The number of nitrogens with zero attached hydrogens (tertiary/aromatic N) is 2. The molecule has 1 saturated heterocycles. The van der Waals surface area contributed by atoms with E-state index in [1.165, 1.54) is 19.1 Å². The van der Waals surface area contributed by atoms with Gasteiger partial charge in [0.1, 0.15) is 0 Å². The van der Waals surface area contributed by atoms with Gasteiger partial charge in [-0.1, -0.05) is 12.1 Å². The van der Waals surface area contributed by atoms with Crippen molar-refractivity contribution >= 4 is 38.6 Å². The summed E-state index contributed by atoms with van der Waals surface area (Å²) in [6, 6.07) is 9.07. The third-order valence-electron chi connectivity index (χ3n) is 7.06. The van der Waals surface area contributed by atoms with Crippen molar-refractivity contribution in [1.82, 2.24) is 9.80 Å². The second-order valence-electron chi connectivity index (χ2n) is 9.34. The van der Waals surface area contributed by atoms with Crippen molar-refractivity contribution in [3.63, 3.8) is 0 Å². The maximum absolute atomic E-state index is 13.9. The van der Waals surface area contributed by atoms with Gasteiger partial charge < -0.3 is 33.7 Å². The van der Waals surface area contributed by atoms with E-state index in [9.17, 15) is 19.8 Å². The van der Waals surface area contributed by atoms with Crippen LogP contribution in [0.5, 0.6) is 17.2 Å². The van der Waals surface area contributed by atoms with Crippen molar-refractivity contribution in [2.75, 3.05) is 53.6 Å². The maximum atomic E-state index is 13.9. The number of rotatable bonds is 9. The van der Waals surface area contributed by atoms with Crippen LogP contribution in [0.15, 0.2) is 56.6 Å². The van der Waals surface area contributed by atoms with Crippen LogP contribution in [0.4, 0.5) is 0 Å². The number of morpholine rings is 1. The summed E-state index contributed by atoms with van der Waals surface area (Å²) in [7, 11) is 2.91. The van der Waals surface area contributed by atoms with Gasteiger partial charge in [-0.05, 0) is 52.2 Å². The number of aliphatic hydroxyl groups is 1. The van der Waals surface area contributed by atoms with E-state index in [4.69, 9.17) is 18.6 Å². The van der Waals surface area contributed by atoms with Gasteiger partial charge in [-0.25, -0.2) is 0 Å². The molecule has 0 aliphatic carbocycles. The van der Waals surface area contributed by atoms with Crippen molar-refractivity contribution in [1.29, 1.82) is 0 Å². The normalized spacial score (nSPS) is 18.3. The molecule has 0 radical (unpaired) electrons. The Kier molecular flexibility index (Phi) is 7.83. The molecule has 5 rings (SSSR count). The fourth-order valence-corrected chi connectivity index (χ4v) is 5.56. The van der Waals surface area contributed by atoms with Gasteiger partial charge in [0.25, 0.3) is 5.91 Å². The molecule has 206 valence electrons. The molecule has 39 heavy (non-hydrogen) atoms. The molecule has 3 heterocycles. The van der Waals surface area contributed by atoms with Gasteiger partial charge in [0.05, 0.1) is 43.5 Å². The van der Waals surface area contributed by atoms with E-state index >= 15 is 0 Å². The zero-order valence-corrected chi connectivity index (χ0v) is 23.2. The number of para-hydroxylation sites is 1. The van der Waals surface area contributed by atoms with Crippen LogP contribution >= 0.6 is 15.9 Å². The van der Waals surface area contributed by atoms with E-state index < -0.39 is 23.5 Å². The number of aromatic hydroxyl groups is 1. The minimum atomic E-state index is -0.935. The lowest BCUT2D eigenvalue weighted by molar-refractivity contribution is -0.129. The molecule has 10 nitrogen and oxygen atoms in total. The molecule has 3 aromatic rings. The first kappa shape index (κ1) is 27.0. The van der Waals surface area contributed by atoms with E-state index in [1.807, 2.05) is 0 Å². The molecule has 1 aromatic heterocycles. The number of fused-ring (bicyclic) bond motifs is 1. The Morgan fingerprint density at radius 2 is 1.82 bits per heavy atom. The molecule has 2 aromatic carbocycles. The Hall–Kier alpha value is -3.54.